The highest BCUT2D eigenvalue weighted by atomic mass is 16.3. The summed E-state index contributed by atoms with van der Waals surface area (Å²) in [5.74, 6) is 0.260. The van der Waals surface area contributed by atoms with E-state index in [0.717, 1.165) is 36.8 Å². The summed E-state index contributed by atoms with van der Waals surface area (Å²) in [4.78, 5) is 29.8. The van der Waals surface area contributed by atoms with Gasteiger partial charge < -0.3 is 20.2 Å². The molecule has 0 bridgehead atoms. The van der Waals surface area contributed by atoms with Crippen LogP contribution in [0.15, 0.2) is 30.3 Å². The Bertz CT molecular complexity index is 836. The number of hydrogen-bond donors (Lipinski definition) is 2. The molecule has 0 aromatic heterocycles. The lowest BCUT2D eigenvalue weighted by Gasteiger charge is -2.70. The van der Waals surface area contributed by atoms with E-state index in [1.165, 1.54) is 0 Å². The third-order valence-electron chi connectivity index (χ3n) is 7.19. The summed E-state index contributed by atoms with van der Waals surface area (Å²) in [6, 6.07) is 8.15. The predicted molar refractivity (Wildman–Crippen MR) is 122 cm³/mol. The van der Waals surface area contributed by atoms with E-state index < -0.39 is 5.54 Å². The van der Waals surface area contributed by atoms with E-state index in [9.17, 15) is 14.7 Å². The SMILES string of the molecule is C/C=C/c1ccc([C@@H]2[C@H](CO)N(C(=O)C3CCCC3)C23CN(C(=O)NC(C)C)C3)cc1. The minimum Gasteiger partial charge on any atom is -0.394 e. The number of benzene rings is 1. The van der Waals surface area contributed by atoms with Gasteiger partial charge in [0.15, 0.2) is 0 Å². The van der Waals surface area contributed by atoms with Crippen molar-refractivity contribution >= 4 is 18.0 Å². The van der Waals surface area contributed by atoms with E-state index in [2.05, 4.69) is 35.7 Å². The molecule has 1 aliphatic carbocycles. The first-order valence-corrected chi connectivity index (χ1v) is 11.6. The highest BCUT2D eigenvalue weighted by Crippen LogP contribution is 2.55. The maximum absolute atomic E-state index is 13.5. The Labute approximate surface area is 185 Å². The second-order valence-electron chi connectivity index (χ2n) is 9.65. The van der Waals surface area contributed by atoms with Gasteiger partial charge in [0.2, 0.25) is 5.91 Å². The highest BCUT2D eigenvalue weighted by Gasteiger charge is 2.68. The van der Waals surface area contributed by atoms with Gasteiger partial charge in [-0.25, -0.2) is 4.79 Å². The number of urea groups is 1. The van der Waals surface area contributed by atoms with Gasteiger partial charge in [-0.1, -0.05) is 49.3 Å². The second kappa shape index (κ2) is 8.65. The normalized spacial score (nSPS) is 25.2. The van der Waals surface area contributed by atoms with Crippen molar-refractivity contribution in [2.24, 2.45) is 5.92 Å². The maximum atomic E-state index is 13.5. The van der Waals surface area contributed by atoms with Crippen LogP contribution in [0.25, 0.3) is 6.08 Å². The number of aliphatic hydroxyl groups is 1. The zero-order chi connectivity index (χ0) is 22.2. The Balaban J connectivity index is 1.61. The molecule has 1 aromatic carbocycles. The average molecular weight is 426 g/mol. The van der Waals surface area contributed by atoms with E-state index in [1.54, 1.807) is 4.90 Å². The van der Waals surface area contributed by atoms with Gasteiger partial charge in [-0.2, -0.15) is 0 Å². The van der Waals surface area contributed by atoms with Crippen LogP contribution in [0.4, 0.5) is 4.79 Å². The van der Waals surface area contributed by atoms with E-state index in [-0.39, 0.29) is 42.5 Å². The molecule has 6 heteroatoms. The molecule has 2 N–H and O–H groups in total. The first-order chi connectivity index (χ1) is 14.9. The first-order valence-electron chi connectivity index (χ1n) is 11.6. The van der Waals surface area contributed by atoms with E-state index in [4.69, 9.17) is 0 Å². The largest absolute Gasteiger partial charge is 0.394 e. The van der Waals surface area contributed by atoms with Crippen LogP contribution in [0.3, 0.4) is 0 Å². The molecule has 2 heterocycles. The van der Waals surface area contributed by atoms with E-state index >= 15 is 0 Å². The minimum absolute atomic E-state index is 0.0330. The lowest BCUT2D eigenvalue weighted by molar-refractivity contribution is -0.196. The molecule has 2 saturated heterocycles. The zero-order valence-corrected chi connectivity index (χ0v) is 18.9. The van der Waals surface area contributed by atoms with Crippen LogP contribution in [-0.2, 0) is 4.79 Å². The van der Waals surface area contributed by atoms with Gasteiger partial charge in [0.25, 0.3) is 0 Å². The third kappa shape index (κ3) is 3.75. The van der Waals surface area contributed by atoms with Crippen molar-refractivity contribution in [1.29, 1.82) is 0 Å². The van der Waals surface area contributed by atoms with Crippen LogP contribution < -0.4 is 5.32 Å². The Hall–Kier alpha value is -2.34. The van der Waals surface area contributed by atoms with E-state index in [0.29, 0.717) is 13.1 Å². The van der Waals surface area contributed by atoms with Crippen molar-refractivity contribution in [3.63, 3.8) is 0 Å². The summed E-state index contributed by atoms with van der Waals surface area (Å²) in [7, 11) is 0. The first kappa shape index (κ1) is 21.9. The van der Waals surface area contributed by atoms with Crippen molar-refractivity contribution < 1.29 is 14.7 Å². The van der Waals surface area contributed by atoms with Gasteiger partial charge in [-0.3, -0.25) is 4.79 Å². The molecule has 3 aliphatic rings. The highest BCUT2D eigenvalue weighted by molar-refractivity contribution is 5.84. The number of carbonyl (C=O) groups excluding carboxylic acids is 2. The van der Waals surface area contributed by atoms with Crippen molar-refractivity contribution in [3.05, 3.63) is 41.5 Å². The number of nitrogens with zero attached hydrogens (tertiary/aromatic N) is 2. The molecule has 0 unspecified atom stereocenters. The molecule has 4 rings (SSSR count). The van der Waals surface area contributed by atoms with Gasteiger partial charge >= 0.3 is 6.03 Å². The maximum Gasteiger partial charge on any atom is 0.317 e. The zero-order valence-electron chi connectivity index (χ0n) is 18.9. The van der Waals surface area contributed by atoms with Crippen molar-refractivity contribution in [1.82, 2.24) is 15.1 Å². The Morgan fingerprint density at radius 2 is 1.84 bits per heavy atom. The number of aliphatic hydroxyl groups excluding tert-OH is 1. The van der Waals surface area contributed by atoms with Gasteiger partial charge in [0, 0.05) is 31.0 Å². The number of allylic oxidation sites excluding steroid dienone is 1. The lowest BCUT2D eigenvalue weighted by Crippen LogP contribution is -2.86. The van der Waals surface area contributed by atoms with Gasteiger partial charge in [-0.15, -0.1) is 0 Å². The van der Waals surface area contributed by atoms with Crippen LogP contribution in [-0.4, -0.2) is 64.2 Å². The second-order valence-corrected chi connectivity index (χ2v) is 9.65. The summed E-state index contributed by atoms with van der Waals surface area (Å²) in [6.45, 7) is 6.87. The summed E-state index contributed by atoms with van der Waals surface area (Å²) < 4.78 is 0. The van der Waals surface area contributed by atoms with Gasteiger partial charge in [0.1, 0.15) is 0 Å². The van der Waals surface area contributed by atoms with Gasteiger partial charge in [-0.05, 0) is 44.7 Å². The van der Waals surface area contributed by atoms with Crippen molar-refractivity contribution in [3.8, 4) is 0 Å². The number of carbonyl (C=O) groups is 2. The quantitative estimate of drug-likeness (QED) is 0.760. The summed E-state index contributed by atoms with van der Waals surface area (Å²) in [5, 5.41) is 13.2. The predicted octanol–water partition coefficient (Wildman–Crippen LogP) is 3.37. The van der Waals surface area contributed by atoms with E-state index in [1.807, 2.05) is 31.7 Å². The molecule has 1 spiro atoms. The molecule has 2 aliphatic heterocycles. The van der Waals surface area contributed by atoms with Crippen LogP contribution in [0.1, 0.15) is 63.5 Å². The fourth-order valence-corrected chi connectivity index (χ4v) is 5.83. The number of rotatable bonds is 5. The summed E-state index contributed by atoms with van der Waals surface area (Å²) in [5.41, 5.74) is 1.85. The standard InChI is InChI=1S/C25H35N3O3/c1-4-7-18-10-12-19(13-11-18)22-21(14-29)28(23(30)20-8-5-6-9-20)25(22)15-27(16-25)24(31)26-17(2)3/h4,7,10-13,17,20-22,29H,5-6,8-9,14-16H2,1-3H3,(H,26,31)/b7-4+/t21-,22+/m0/s1. The molecule has 1 aromatic rings. The number of nitrogens with one attached hydrogen (secondary N) is 1. The summed E-state index contributed by atoms with van der Waals surface area (Å²) in [6.07, 6.45) is 8.13. The molecule has 3 fully saturated rings. The molecule has 3 amide bonds. The molecular weight excluding hydrogens is 390 g/mol. The smallest absolute Gasteiger partial charge is 0.317 e. The molecule has 2 atom stereocenters. The molecule has 1 saturated carbocycles. The van der Waals surface area contributed by atoms with Crippen LogP contribution >= 0.6 is 0 Å². The molecule has 168 valence electrons. The van der Waals surface area contributed by atoms with Gasteiger partial charge in [0.05, 0.1) is 18.2 Å². The molecule has 6 nitrogen and oxygen atoms in total. The number of hydrogen-bond acceptors (Lipinski definition) is 3. The Morgan fingerprint density at radius 1 is 1.19 bits per heavy atom. The average Bonchev–Trinajstić information content (AvgIpc) is 3.22. The Morgan fingerprint density at radius 3 is 2.39 bits per heavy atom. The Kier molecular flexibility index (Phi) is 6.11. The van der Waals surface area contributed by atoms with Crippen LogP contribution in [0, 0.1) is 5.92 Å². The molecule has 31 heavy (non-hydrogen) atoms. The fraction of sp³-hybridized carbons (Fsp3) is 0.600. The van der Waals surface area contributed by atoms with Crippen LogP contribution in [0.2, 0.25) is 0 Å². The molecular formula is C25H35N3O3. The molecule has 0 radical (unpaired) electrons. The van der Waals surface area contributed by atoms with Crippen molar-refractivity contribution in [2.75, 3.05) is 19.7 Å². The van der Waals surface area contributed by atoms with Crippen LogP contribution in [0.5, 0.6) is 0 Å². The summed E-state index contributed by atoms with van der Waals surface area (Å²) >= 11 is 0. The monoisotopic (exact) mass is 425 g/mol. The number of amides is 3. The van der Waals surface area contributed by atoms with Crippen molar-refractivity contribution in [2.45, 2.75) is 70.0 Å². The third-order valence-corrected chi connectivity index (χ3v) is 7.19. The fourth-order valence-electron chi connectivity index (χ4n) is 5.83. The number of likely N-dealkylation sites (tertiary alicyclic amines) is 2. The lowest BCUT2D eigenvalue weighted by atomic mass is 9.60. The minimum atomic E-state index is -0.413. The topological polar surface area (TPSA) is 72.9 Å².